The molecule has 0 spiro atoms. The molecule has 1 aromatic heterocycles. The van der Waals surface area contributed by atoms with Crippen LogP contribution in [0.15, 0.2) is 33.8 Å². The molecule has 0 unspecified atom stereocenters. The van der Waals surface area contributed by atoms with Crippen LogP contribution in [0.5, 0.6) is 0 Å². The summed E-state index contributed by atoms with van der Waals surface area (Å²) in [7, 11) is -3.63. The van der Waals surface area contributed by atoms with Gasteiger partial charge in [-0.25, -0.2) is 13.4 Å². The topological polar surface area (TPSA) is 59.1 Å². The highest BCUT2D eigenvalue weighted by molar-refractivity contribution is 9.10. The summed E-state index contributed by atoms with van der Waals surface area (Å²) in [6, 6.07) is 4.41. The molecule has 1 N–H and O–H groups in total. The van der Waals surface area contributed by atoms with Gasteiger partial charge in [-0.05, 0) is 41.1 Å². The van der Waals surface area contributed by atoms with E-state index in [2.05, 4.69) is 25.6 Å². The lowest BCUT2D eigenvalue weighted by atomic mass is 10.4. The second-order valence-electron chi connectivity index (χ2n) is 3.46. The maximum atomic E-state index is 12.1. The molecule has 1 heterocycles. The monoisotopic (exact) mass is 366 g/mol. The van der Waals surface area contributed by atoms with Gasteiger partial charge in [-0.2, -0.15) is 0 Å². The fourth-order valence-corrected chi connectivity index (χ4v) is 3.80. The van der Waals surface area contributed by atoms with Crippen LogP contribution in [0.3, 0.4) is 0 Å². The maximum absolute atomic E-state index is 12.1. The number of hydrogen-bond donors (Lipinski definition) is 1. The van der Waals surface area contributed by atoms with Crippen molar-refractivity contribution in [3.8, 4) is 0 Å². The number of hydrogen-bond acceptors (Lipinski definition) is 4. The number of aromatic nitrogens is 1. The predicted molar refractivity (Wildman–Crippen MR) is 76.8 cm³/mol. The SMILES string of the molecule is Cc1cnc(NS(=O)(=O)c2ccc(Cl)c(Br)c2)s1. The third-order valence-corrected chi connectivity index (χ3v) is 5.55. The van der Waals surface area contributed by atoms with E-state index in [0.29, 0.717) is 14.6 Å². The van der Waals surface area contributed by atoms with Gasteiger partial charge in [0.25, 0.3) is 10.0 Å². The van der Waals surface area contributed by atoms with Crippen molar-refractivity contribution in [3.05, 3.63) is 38.8 Å². The van der Waals surface area contributed by atoms with Crippen molar-refractivity contribution in [2.24, 2.45) is 0 Å². The van der Waals surface area contributed by atoms with Gasteiger partial charge in [-0.3, -0.25) is 4.72 Å². The van der Waals surface area contributed by atoms with Gasteiger partial charge in [0.05, 0.1) is 9.92 Å². The number of rotatable bonds is 3. The lowest BCUT2D eigenvalue weighted by molar-refractivity contribution is 0.601. The summed E-state index contributed by atoms with van der Waals surface area (Å²) in [6.45, 7) is 1.86. The van der Waals surface area contributed by atoms with E-state index in [-0.39, 0.29) is 4.90 Å². The van der Waals surface area contributed by atoms with E-state index in [0.717, 1.165) is 4.88 Å². The molecule has 8 heteroatoms. The van der Waals surface area contributed by atoms with E-state index < -0.39 is 10.0 Å². The normalized spacial score (nSPS) is 11.5. The lowest BCUT2D eigenvalue weighted by Gasteiger charge is -2.06. The highest BCUT2D eigenvalue weighted by atomic mass is 79.9. The molecule has 0 atom stereocenters. The number of halogens is 2. The van der Waals surface area contributed by atoms with Crippen LogP contribution in [-0.4, -0.2) is 13.4 Å². The minimum absolute atomic E-state index is 0.131. The van der Waals surface area contributed by atoms with Crippen LogP contribution in [0, 0.1) is 6.92 Å². The van der Waals surface area contributed by atoms with Crippen molar-refractivity contribution >= 4 is 54.0 Å². The smallest absolute Gasteiger partial charge is 0.255 e. The summed E-state index contributed by atoms with van der Waals surface area (Å²) in [5.74, 6) is 0. The van der Waals surface area contributed by atoms with Crippen LogP contribution >= 0.6 is 38.9 Å². The molecule has 0 aliphatic heterocycles. The fraction of sp³-hybridized carbons (Fsp3) is 0.100. The number of nitrogens with zero attached hydrogens (tertiary/aromatic N) is 1. The van der Waals surface area contributed by atoms with Crippen LogP contribution in [0.1, 0.15) is 4.88 Å². The Morgan fingerprint density at radius 3 is 2.72 bits per heavy atom. The molecular weight excluding hydrogens is 360 g/mol. The minimum atomic E-state index is -3.63. The van der Waals surface area contributed by atoms with E-state index >= 15 is 0 Å². The second kappa shape index (κ2) is 5.16. The molecule has 2 aromatic rings. The Morgan fingerprint density at radius 1 is 1.44 bits per heavy atom. The number of anilines is 1. The van der Waals surface area contributed by atoms with Crippen LogP contribution in [0.25, 0.3) is 0 Å². The van der Waals surface area contributed by atoms with Gasteiger partial charge in [0, 0.05) is 15.5 Å². The van der Waals surface area contributed by atoms with Crippen molar-refractivity contribution in [1.29, 1.82) is 0 Å². The van der Waals surface area contributed by atoms with Gasteiger partial charge in [-0.1, -0.05) is 11.6 Å². The number of nitrogens with one attached hydrogen (secondary N) is 1. The summed E-state index contributed by atoms with van der Waals surface area (Å²) in [5.41, 5.74) is 0. The Hall–Kier alpha value is -0.630. The first-order chi connectivity index (χ1) is 8.38. The summed E-state index contributed by atoms with van der Waals surface area (Å²) in [6.07, 6.45) is 1.61. The van der Waals surface area contributed by atoms with Crippen molar-refractivity contribution in [2.75, 3.05) is 4.72 Å². The van der Waals surface area contributed by atoms with Crippen molar-refractivity contribution in [1.82, 2.24) is 4.98 Å². The molecular formula is C10H8BrClN2O2S2. The lowest BCUT2D eigenvalue weighted by Crippen LogP contribution is -2.12. The average molecular weight is 368 g/mol. The molecule has 18 heavy (non-hydrogen) atoms. The first-order valence-corrected chi connectivity index (χ1v) is 8.26. The molecule has 2 rings (SSSR count). The van der Waals surface area contributed by atoms with Gasteiger partial charge >= 0.3 is 0 Å². The van der Waals surface area contributed by atoms with Gasteiger partial charge in [-0.15, -0.1) is 11.3 Å². The third kappa shape index (κ3) is 3.03. The minimum Gasteiger partial charge on any atom is -0.255 e. The predicted octanol–water partition coefficient (Wildman–Crippen LogP) is 3.67. The molecule has 0 amide bonds. The molecule has 0 fully saturated rings. The molecule has 1 aromatic carbocycles. The third-order valence-electron chi connectivity index (χ3n) is 2.04. The van der Waals surface area contributed by atoms with Gasteiger partial charge in [0.1, 0.15) is 0 Å². The number of aryl methyl sites for hydroxylation is 1. The van der Waals surface area contributed by atoms with Gasteiger partial charge < -0.3 is 0 Å². The molecule has 0 saturated carbocycles. The zero-order valence-corrected chi connectivity index (χ0v) is 13.1. The summed E-state index contributed by atoms with van der Waals surface area (Å²) in [5, 5.41) is 0.803. The standard InChI is InChI=1S/C10H8BrClN2O2S2/c1-6-5-13-10(17-6)14-18(15,16)7-2-3-9(12)8(11)4-7/h2-5H,1H3,(H,13,14). The molecule has 0 aliphatic carbocycles. The van der Waals surface area contributed by atoms with Crippen LogP contribution < -0.4 is 4.72 Å². The Labute approximate surface area is 122 Å². The fourth-order valence-electron chi connectivity index (χ4n) is 1.22. The van der Waals surface area contributed by atoms with Crippen molar-refractivity contribution in [2.45, 2.75) is 11.8 Å². The molecule has 0 radical (unpaired) electrons. The van der Waals surface area contributed by atoms with Crippen LogP contribution in [0.4, 0.5) is 5.13 Å². The van der Waals surface area contributed by atoms with E-state index in [1.807, 2.05) is 6.92 Å². The Balaban J connectivity index is 2.33. The average Bonchev–Trinajstić information content (AvgIpc) is 2.67. The molecule has 0 bridgehead atoms. The van der Waals surface area contributed by atoms with E-state index in [1.165, 1.54) is 29.5 Å². The Bertz CT molecular complexity index is 685. The zero-order valence-electron chi connectivity index (χ0n) is 9.15. The second-order valence-corrected chi connectivity index (χ2v) is 7.64. The van der Waals surface area contributed by atoms with Gasteiger partial charge in [0.15, 0.2) is 5.13 Å². The van der Waals surface area contributed by atoms with Crippen molar-refractivity contribution in [3.63, 3.8) is 0 Å². The summed E-state index contributed by atoms with van der Waals surface area (Å²) in [4.78, 5) is 5.02. The van der Waals surface area contributed by atoms with Crippen molar-refractivity contribution < 1.29 is 8.42 Å². The number of benzene rings is 1. The quantitative estimate of drug-likeness (QED) is 0.900. The number of thiazole rings is 1. The summed E-state index contributed by atoms with van der Waals surface area (Å²) < 4.78 is 27.1. The molecule has 0 saturated heterocycles. The highest BCUT2D eigenvalue weighted by Gasteiger charge is 2.16. The zero-order chi connectivity index (χ0) is 13.3. The maximum Gasteiger partial charge on any atom is 0.263 e. The van der Waals surface area contributed by atoms with Crippen LogP contribution in [0.2, 0.25) is 5.02 Å². The summed E-state index contributed by atoms with van der Waals surface area (Å²) >= 11 is 10.3. The Morgan fingerprint density at radius 2 is 2.17 bits per heavy atom. The molecule has 96 valence electrons. The van der Waals surface area contributed by atoms with E-state index in [1.54, 1.807) is 6.20 Å². The molecule has 0 aliphatic rings. The molecule has 4 nitrogen and oxygen atoms in total. The first kappa shape index (κ1) is 13.8. The van der Waals surface area contributed by atoms with Gasteiger partial charge in [0.2, 0.25) is 0 Å². The number of sulfonamides is 1. The highest BCUT2D eigenvalue weighted by Crippen LogP contribution is 2.27. The largest absolute Gasteiger partial charge is 0.263 e. The van der Waals surface area contributed by atoms with E-state index in [4.69, 9.17) is 11.6 Å². The Kier molecular flexibility index (Phi) is 3.96. The first-order valence-electron chi connectivity index (χ1n) is 4.79. The van der Waals surface area contributed by atoms with E-state index in [9.17, 15) is 8.42 Å². The van der Waals surface area contributed by atoms with Crippen LogP contribution in [-0.2, 0) is 10.0 Å².